The van der Waals surface area contributed by atoms with Gasteiger partial charge in [-0.15, -0.1) is 0 Å². The molecule has 1 aromatic heterocycles. The van der Waals surface area contributed by atoms with Crippen molar-refractivity contribution in [2.45, 2.75) is 89.6 Å². The summed E-state index contributed by atoms with van der Waals surface area (Å²) >= 11 is 0. The molecule has 14 heteroatoms. The van der Waals surface area contributed by atoms with E-state index in [1.807, 2.05) is 17.0 Å². The van der Waals surface area contributed by atoms with Gasteiger partial charge in [-0.25, -0.2) is 0 Å². The van der Waals surface area contributed by atoms with Crippen molar-refractivity contribution in [1.82, 2.24) is 25.0 Å². The van der Waals surface area contributed by atoms with E-state index in [1.54, 1.807) is 12.1 Å². The smallest absolute Gasteiger partial charge is 0.262 e. The Morgan fingerprint density at radius 1 is 0.871 bits per heavy atom. The first-order valence-electron chi connectivity index (χ1n) is 21.9. The maximum absolute atomic E-state index is 14.1. The van der Waals surface area contributed by atoms with Gasteiger partial charge in [0.05, 0.1) is 34.9 Å². The number of amides is 5. The first kappa shape index (κ1) is 41.0. The molecule has 1 aliphatic carbocycles. The molecule has 14 nitrogen and oxygen atoms in total. The summed E-state index contributed by atoms with van der Waals surface area (Å²) in [4.78, 5) is 88.8. The van der Waals surface area contributed by atoms with E-state index in [4.69, 9.17) is 4.74 Å². The molecule has 3 saturated heterocycles. The van der Waals surface area contributed by atoms with Gasteiger partial charge in [0.1, 0.15) is 11.8 Å². The van der Waals surface area contributed by atoms with Gasteiger partial charge in [-0.2, -0.15) is 5.26 Å². The van der Waals surface area contributed by atoms with Crippen molar-refractivity contribution < 1.29 is 33.5 Å². The van der Waals surface area contributed by atoms with Crippen LogP contribution in [0.25, 0.3) is 10.9 Å². The number of ether oxygens (including phenoxy) is 1. The van der Waals surface area contributed by atoms with E-state index in [2.05, 4.69) is 59.1 Å². The minimum absolute atomic E-state index is 0.0339. The van der Waals surface area contributed by atoms with Gasteiger partial charge >= 0.3 is 0 Å². The Bertz CT molecular complexity index is 2590. The molecule has 0 radical (unpaired) electrons. The van der Waals surface area contributed by atoms with E-state index in [0.29, 0.717) is 61.9 Å². The van der Waals surface area contributed by atoms with Crippen LogP contribution in [0.2, 0.25) is 0 Å². The predicted molar refractivity (Wildman–Crippen MR) is 230 cm³/mol. The standard InChI is InChI=1S/C48H51N7O7/c1-4-29-24-35-36(48(2,3)44-42(43(35)58)33-10-8-28(27-49)23-37(33)50-44)26-39(29)53-16-14-30(15-17-53)52-18-20-54(21-19-52)41(57)7-5-6-22-62-31-9-11-32-34(25-31)47(61)55(46(32)60)38-12-13-40(56)51-45(38)59/h8-11,23-26,30,38,50H,4-7,12-22H2,1-3H3,(H,51,56,59). The summed E-state index contributed by atoms with van der Waals surface area (Å²) in [5.41, 5.74) is 7.09. The van der Waals surface area contributed by atoms with Gasteiger partial charge in [0.2, 0.25) is 17.7 Å². The van der Waals surface area contributed by atoms with Crippen LogP contribution in [0.4, 0.5) is 5.69 Å². The Morgan fingerprint density at radius 2 is 1.63 bits per heavy atom. The first-order valence-corrected chi connectivity index (χ1v) is 21.9. The van der Waals surface area contributed by atoms with Gasteiger partial charge in [0.25, 0.3) is 11.8 Å². The average Bonchev–Trinajstić information content (AvgIpc) is 3.79. The lowest BCUT2D eigenvalue weighted by Gasteiger charge is -2.44. The third-order valence-corrected chi connectivity index (χ3v) is 13.8. The number of anilines is 1. The van der Waals surface area contributed by atoms with Crippen molar-refractivity contribution in [1.29, 1.82) is 5.26 Å². The molecule has 4 aromatic rings. The third kappa shape index (κ3) is 7.11. The number of hydrogen-bond acceptors (Lipinski definition) is 10. The van der Waals surface area contributed by atoms with Gasteiger partial charge in [0, 0.05) is 91.4 Å². The minimum Gasteiger partial charge on any atom is -0.494 e. The number of H-pyrrole nitrogens is 1. The average molecular weight is 838 g/mol. The molecule has 4 aliphatic heterocycles. The minimum atomic E-state index is -1.02. The summed E-state index contributed by atoms with van der Waals surface area (Å²) in [6, 6.07) is 16.2. The predicted octanol–water partition coefficient (Wildman–Crippen LogP) is 5.24. The van der Waals surface area contributed by atoms with E-state index < -0.39 is 35.1 Å². The van der Waals surface area contributed by atoms with Gasteiger partial charge < -0.3 is 19.5 Å². The number of rotatable bonds is 10. The number of aryl methyl sites for hydroxylation is 1. The molecule has 9 rings (SSSR count). The fourth-order valence-corrected chi connectivity index (χ4v) is 10.2. The maximum atomic E-state index is 14.1. The van der Waals surface area contributed by atoms with E-state index in [1.165, 1.54) is 23.4 Å². The Hall–Kier alpha value is -6.33. The van der Waals surface area contributed by atoms with Crippen molar-refractivity contribution in [2.75, 3.05) is 50.8 Å². The lowest BCUT2D eigenvalue weighted by atomic mass is 9.70. The van der Waals surface area contributed by atoms with Crippen molar-refractivity contribution in [3.8, 4) is 11.8 Å². The number of carbonyl (C=O) groups excluding carboxylic acids is 6. The molecule has 1 unspecified atom stereocenters. The molecule has 0 bridgehead atoms. The number of piperidine rings is 2. The van der Waals surface area contributed by atoms with Crippen LogP contribution in [0.15, 0.2) is 48.5 Å². The summed E-state index contributed by atoms with van der Waals surface area (Å²) in [6.45, 7) is 11.8. The highest BCUT2D eigenvalue weighted by atomic mass is 16.5. The number of imide groups is 2. The van der Waals surface area contributed by atoms with Crippen LogP contribution in [0, 0.1) is 11.3 Å². The zero-order valence-corrected chi connectivity index (χ0v) is 35.5. The first-order chi connectivity index (χ1) is 29.9. The van der Waals surface area contributed by atoms with Crippen LogP contribution in [0.3, 0.4) is 0 Å². The molecule has 3 fully saturated rings. The van der Waals surface area contributed by atoms with Crippen LogP contribution in [-0.2, 0) is 26.2 Å². The second-order valence-corrected chi connectivity index (χ2v) is 17.7. The quantitative estimate of drug-likeness (QED) is 0.159. The van der Waals surface area contributed by atoms with Gasteiger partial charge in [-0.1, -0.05) is 26.8 Å². The number of nitriles is 1. The Kier molecular flexibility index (Phi) is 10.7. The molecule has 62 heavy (non-hydrogen) atoms. The fourth-order valence-electron chi connectivity index (χ4n) is 10.2. The zero-order valence-electron chi connectivity index (χ0n) is 35.5. The van der Waals surface area contributed by atoms with E-state index in [0.717, 1.165) is 78.1 Å². The maximum Gasteiger partial charge on any atom is 0.262 e. The second kappa shape index (κ2) is 16.2. The number of hydrogen-bond donors (Lipinski definition) is 2. The summed E-state index contributed by atoms with van der Waals surface area (Å²) < 4.78 is 5.89. The van der Waals surface area contributed by atoms with Crippen molar-refractivity contribution >= 4 is 51.9 Å². The van der Waals surface area contributed by atoms with Crippen LogP contribution >= 0.6 is 0 Å². The number of aromatic amines is 1. The SMILES string of the molecule is CCc1cc2c(cc1N1CCC(N3CCN(C(=O)CCCCOc4ccc5c(c4)C(=O)N(C4CCC(=O)NC4=O)C5=O)CC3)CC1)C(C)(C)c1[nH]c3cc(C#N)ccc3c1C2=O. The summed E-state index contributed by atoms with van der Waals surface area (Å²) in [6.07, 6.45) is 4.74. The molecule has 0 saturated carbocycles. The van der Waals surface area contributed by atoms with Crippen molar-refractivity contribution in [3.63, 3.8) is 0 Å². The number of benzene rings is 3. The van der Waals surface area contributed by atoms with Crippen LogP contribution in [0.1, 0.15) is 125 Å². The highest BCUT2D eigenvalue weighted by Gasteiger charge is 2.45. The molecule has 5 heterocycles. The highest BCUT2D eigenvalue weighted by Crippen LogP contribution is 2.46. The number of unbranched alkanes of at least 4 members (excludes halogenated alkanes) is 1. The van der Waals surface area contributed by atoms with Gasteiger partial charge in [-0.05, 0) is 92.1 Å². The number of nitrogens with one attached hydrogen (secondary N) is 2. The molecule has 5 amide bonds. The van der Waals surface area contributed by atoms with Crippen molar-refractivity contribution in [3.05, 3.63) is 93.2 Å². The molecular formula is C48H51N7O7. The molecule has 5 aliphatic rings. The van der Waals surface area contributed by atoms with Crippen molar-refractivity contribution in [2.24, 2.45) is 0 Å². The van der Waals surface area contributed by atoms with Gasteiger partial charge in [0.15, 0.2) is 5.78 Å². The lowest BCUT2D eigenvalue weighted by molar-refractivity contribution is -0.136. The number of aromatic nitrogens is 1. The van der Waals surface area contributed by atoms with Crippen LogP contribution < -0.4 is 15.0 Å². The Balaban J connectivity index is 0.739. The van der Waals surface area contributed by atoms with E-state index in [-0.39, 0.29) is 35.7 Å². The molecule has 3 aromatic carbocycles. The van der Waals surface area contributed by atoms with Gasteiger partial charge in [-0.3, -0.25) is 43.9 Å². The highest BCUT2D eigenvalue weighted by molar-refractivity contribution is 6.23. The van der Waals surface area contributed by atoms with Crippen LogP contribution in [-0.4, -0.2) is 113 Å². The van der Waals surface area contributed by atoms with E-state index >= 15 is 0 Å². The number of carbonyl (C=O) groups is 6. The topological polar surface area (TPSA) is 176 Å². The third-order valence-electron chi connectivity index (χ3n) is 13.8. The normalized spacial score (nSPS) is 20.3. The fraction of sp³-hybridized carbons (Fsp3) is 0.438. The largest absolute Gasteiger partial charge is 0.494 e. The Morgan fingerprint density at radius 3 is 2.35 bits per heavy atom. The number of fused-ring (bicyclic) bond motifs is 5. The number of ketones is 1. The monoisotopic (exact) mass is 837 g/mol. The molecule has 320 valence electrons. The summed E-state index contributed by atoms with van der Waals surface area (Å²) in [5, 5.41) is 12.5. The molecular weight excluding hydrogens is 787 g/mol. The lowest BCUT2D eigenvalue weighted by Crippen LogP contribution is -2.54. The molecule has 2 N–H and O–H groups in total. The Labute approximate surface area is 360 Å². The molecule has 1 atom stereocenters. The summed E-state index contributed by atoms with van der Waals surface area (Å²) in [5.74, 6) is -1.60. The second-order valence-electron chi connectivity index (χ2n) is 17.7. The zero-order chi connectivity index (χ0) is 43.4. The van der Waals surface area contributed by atoms with Crippen LogP contribution in [0.5, 0.6) is 5.75 Å². The number of piperazine rings is 1. The van der Waals surface area contributed by atoms with E-state index in [9.17, 15) is 34.0 Å². The number of nitrogens with zero attached hydrogens (tertiary/aromatic N) is 5. The molecule has 0 spiro atoms. The summed E-state index contributed by atoms with van der Waals surface area (Å²) in [7, 11) is 0.